The van der Waals surface area contributed by atoms with E-state index in [4.69, 9.17) is 0 Å². The van der Waals surface area contributed by atoms with Gasteiger partial charge in [0.25, 0.3) is 0 Å². The van der Waals surface area contributed by atoms with Crippen LogP contribution in [0.2, 0.25) is 0 Å². The fourth-order valence-corrected chi connectivity index (χ4v) is 2.92. The van der Waals surface area contributed by atoms with E-state index in [2.05, 4.69) is 51.4 Å². The number of imidazole rings is 1. The van der Waals surface area contributed by atoms with Crippen molar-refractivity contribution in [3.63, 3.8) is 0 Å². The molecule has 5 heteroatoms. The molecular weight excluding hydrogens is 310 g/mol. The summed E-state index contributed by atoms with van der Waals surface area (Å²) in [5, 5.41) is 4.37. The van der Waals surface area contributed by atoms with Crippen molar-refractivity contribution in [3.8, 4) is 0 Å². The number of rotatable bonds is 5. The van der Waals surface area contributed by atoms with E-state index in [1.165, 1.54) is 10.5 Å². The summed E-state index contributed by atoms with van der Waals surface area (Å²) in [6.45, 7) is 3.96. The SMILES string of the molecule is CCNCc1cc(Br)ccc1Sc1nccn1C. The van der Waals surface area contributed by atoms with Gasteiger partial charge in [0, 0.05) is 35.4 Å². The zero-order valence-electron chi connectivity index (χ0n) is 10.5. The Balaban J connectivity index is 2.23. The first-order chi connectivity index (χ1) is 8.70. The van der Waals surface area contributed by atoms with Crippen molar-refractivity contribution in [1.29, 1.82) is 0 Å². The lowest BCUT2D eigenvalue weighted by molar-refractivity contribution is 0.716. The van der Waals surface area contributed by atoms with Gasteiger partial charge in [-0.25, -0.2) is 4.98 Å². The van der Waals surface area contributed by atoms with Gasteiger partial charge in [-0.15, -0.1) is 0 Å². The zero-order chi connectivity index (χ0) is 13.0. The van der Waals surface area contributed by atoms with Gasteiger partial charge in [0.15, 0.2) is 5.16 Å². The molecule has 0 saturated carbocycles. The van der Waals surface area contributed by atoms with Crippen molar-refractivity contribution in [3.05, 3.63) is 40.6 Å². The average Bonchev–Trinajstić information content (AvgIpc) is 2.75. The molecule has 0 bridgehead atoms. The summed E-state index contributed by atoms with van der Waals surface area (Å²) in [5.41, 5.74) is 1.29. The second kappa shape index (κ2) is 6.41. The van der Waals surface area contributed by atoms with Crippen molar-refractivity contribution in [1.82, 2.24) is 14.9 Å². The number of nitrogens with one attached hydrogen (secondary N) is 1. The molecular formula is C13H16BrN3S. The molecule has 0 aliphatic heterocycles. The first-order valence-corrected chi connectivity index (χ1v) is 7.46. The molecule has 18 heavy (non-hydrogen) atoms. The largest absolute Gasteiger partial charge is 0.329 e. The number of aryl methyl sites for hydroxylation is 1. The summed E-state index contributed by atoms with van der Waals surface area (Å²) >= 11 is 5.22. The molecule has 0 amide bonds. The van der Waals surface area contributed by atoms with Gasteiger partial charge in [0.05, 0.1) is 0 Å². The highest BCUT2D eigenvalue weighted by atomic mass is 79.9. The third-order valence-corrected chi connectivity index (χ3v) is 4.25. The lowest BCUT2D eigenvalue weighted by Gasteiger charge is -2.10. The number of halogens is 1. The van der Waals surface area contributed by atoms with Crippen LogP contribution in [0.5, 0.6) is 0 Å². The predicted molar refractivity (Wildman–Crippen MR) is 78.9 cm³/mol. The van der Waals surface area contributed by atoms with Gasteiger partial charge < -0.3 is 9.88 Å². The predicted octanol–water partition coefficient (Wildman–Crippen LogP) is 3.44. The van der Waals surface area contributed by atoms with Crippen LogP contribution in [0, 0.1) is 0 Å². The van der Waals surface area contributed by atoms with Crippen LogP contribution in [0.15, 0.2) is 45.1 Å². The second-order valence-corrected chi connectivity index (χ2v) is 5.88. The van der Waals surface area contributed by atoms with Crippen LogP contribution in [-0.4, -0.2) is 16.1 Å². The number of benzene rings is 1. The van der Waals surface area contributed by atoms with E-state index in [0.29, 0.717) is 0 Å². The van der Waals surface area contributed by atoms with Crippen LogP contribution in [0.1, 0.15) is 12.5 Å². The molecule has 96 valence electrons. The molecule has 0 atom stereocenters. The van der Waals surface area contributed by atoms with E-state index in [0.717, 1.165) is 22.7 Å². The van der Waals surface area contributed by atoms with E-state index >= 15 is 0 Å². The molecule has 0 radical (unpaired) electrons. The Morgan fingerprint density at radius 2 is 2.28 bits per heavy atom. The van der Waals surface area contributed by atoms with Crippen molar-refractivity contribution in [2.24, 2.45) is 7.05 Å². The second-order valence-electron chi connectivity index (χ2n) is 3.96. The highest BCUT2D eigenvalue weighted by Crippen LogP contribution is 2.30. The van der Waals surface area contributed by atoms with E-state index < -0.39 is 0 Å². The molecule has 0 saturated heterocycles. The van der Waals surface area contributed by atoms with E-state index in [1.807, 2.05) is 24.0 Å². The lowest BCUT2D eigenvalue weighted by Crippen LogP contribution is -2.12. The molecule has 0 fully saturated rings. The summed E-state index contributed by atoms with van der Waals surface area (Å²) in [6, 6.07) is 6.37. The minimum absolute atomic E-state index is 0.878. The van der Waals surface area contributed by atoms with Crippen molar-refractivity contribution < 1.29 is 0 Å². The molecule has 2 rings (SSSR count). The van der Waals surface area contributed by atoms with Crippen LogP contribution in [0.3, 0.4) is 0 Å². The monoisotopic (exact) mass is 325 g/mol. The highest BCUT2D eigenvalue weighted by molar-refractivity contribution is 9.10. The fraction of sp³-hybridized carbons (Fsp3) is 0.308. The summed E-state index contributed by atoms with van der Waals surface area (Å²) in [6.07, 6.45) is 3.79. The van der Waals surface area contributed by atoms with Crippen molar-refractivity contribution in [2.75, 3.05) is 6.54 Å². The normalized spacial score (nSPS) is 10.8. The number of hydrogen-bond donors (Lipinski definition) is 1. The Morgan fingerprint density at radius 1 is 1.44 bits per heavy atom. The first-order valence-electron chi connectivity index (χ1n) is 5.85. The van der Waals surface area contributed by atoms with Gasteiger partial charge in [-0.1, -0.05) is 34.6 Å². The van der Waals surface area contributed by atoms with E-state index in [-0.39, 0.29) is 0 Å². The van der Waals surface area contributed by atoms with Gasteiger partial charge >= 0.3 is 0 Å². The average molecular weight is 326 g/mol. The van der Waals surface area contributed by atoms with Gasteiger partial charge in [-0.05, 0) is 30.3 Å². The summed E-state index contributed by atoms with van der Waals surface area (Å²) < 4.78 is 3.14. The maximum absolute atomic E-state index is 4.35. The fourth-order valence-electron chi connectivity index (χ4n) is 1.59. The third kappa shape index (κ3) is 3.37. The molecule has 0 aliphatic carbocycles. The number of hydrogen-bond acceptors (Lipinski definition) is 3. The summed E-state index contributed by atoms with van der Waals surface area (Å²) in [5.74, 6) is 0. The van der Waals surface area contributed by atoms with E-state index in [1.54, 1.807) is 11.8 Å². The van der Waals surface area contributed by atoms with Crippen molar-refractivity contribution in [2.45, 2.75) is 23.5 Å². The van der Waals surface area contributed by atoms with E-state index in [9.17, 15) is 0 Å². The standard InChI is InChI=1S/C13H16BrN3S/c1-3-15-9-10-8-11(14)4-5-12(10)18-13-16-6-7-17(13)2/h4-8,15H,3,9H2,1-2H3. The van der Waals surface area contributed by atoms with Crippen LogP contribution >= 0.6 is 27.7 Å². The molecule has 2 aromatic rings. The zero-order valence-corrected chi connectivity index (χ0v) is 12.9. The topological polar surface area (TPSA) is 29.9 Å². The molecule has 1 heterocycles. The Hall–Kier alpha value is -0.780. The lowest BCUT2D eigenvalue weighted by atomic mass is 10.2. The van der Waals surface area contributed by atoms with Crippen LogP contribution < -0.4 is 5.32 Å². The van der Waals surface area contributed by atoms with Gasteiger partial charge in [-0.2, -0.15) is 0 Å². The van der Waals surface area contributed by atoms with Crippen LogP contribution in [-0.2, 0) is 13.6 Å². The molecule has 1 aromatic carbocycles. The number of aromatic nitrogens is 2. The minimum Gasteiger partial charge on any atom is -0.329 e. The van der Waals surface area contributed by atoms with Gasteiger partial charge in [0.2, 0.25) is 0 Å². The molecule has 1 N–H and O–H groups in total. The minimum atomic E-state index is 0.878. The van der Waals surface area contributed by atoms with Crippen LogP contribution in [0.25, 0.3) is 0 Å². The molecule has 0 spiro atoms. The summed E-state index contributed by atoms with van der Waals surface area (Å²) in [7, 11) is 2.01. The van der Waals surface area contributed by atoms with Crippen LogP contribution in [0.4, 0.5) is 0 Å². The summed E-state index contributed by atoms with van der Waals surface area (Å²) in [4.78, 5) is 5.59. The quantitative estimate of drug-likeness (QED) is 0.913. The Morgan fingerprint density at radius 3 is 2.94 bits per heavy atom. The Labute approximate surface area is 120 Å². The molecule has 1 aromatic heterocycles. The van der Waals surface area contributed by atoms with Gasteiger partial charge in [-0.3, -0.25) is 0 Å². The smallest absolute Gasteiger partial charge is 0.172 e. The molecule has 0 unspecified atom stereocenters. The first kappa shape index (κ1) is 13.6. The molecule has 3 nitrogen and oxygen atoms in total. The van der Waals surface area contributed by atoms with Crippen molar-refractivity contribution >= 4 is 27.7 Å². The maximum Gasteiger partial charge on any atom is 0.172 e. The number of nitrogens with zero attached hydrogens (tertiary/aromatic N) is 2. The Kier molecular flexibility index (Phi) is 4.86. The maximum atomic E-state index is 4.35. The van der Waals surface area contributed by atoms with Gasteiger partial charge in [0.1, 0.15) is 0 Å². The Bertz CT molecular complexity index is 525. The third-order valence-electron chi connectivity index (χ3n) is 2.57. The molecule has 0 aliphatic rings. The highest BCUT2D eigenvalue weighted by Gasteiger charge is 2.08.